The fourth-order valence-electron chi connectivity index (χ4n) is 3.10. The highest BCUT2D eigenvalue weighted by Gasteiger charge is 2.32. The van der Waals surface area contributed by atoms with Crippen molar-refractivity contribution in [3.05, 3.63) is 0 Å². The average Bonchev–Trinajstić information content (AvgIpc) is 2.35. The lowest BCUT2D eigenvalue weighted by Crippen LogP contribution is -2.31. The molecule has 3 heteroatoms. The summed E-state index contributed by atoms with van der Waals surface area (Å²) in [6.07, 6.45) is 5.12. The van der Waals surface area contributed by atoms with Crippen molar-refractivity contribution < 1.29 is 14.6 Å². The van der Waals surface area contributed by atoms with Gasteiger partial charge in [0, 0.05) is 6.42 Å². The van der Waals surface area contributed by atoms with Crippen LogP contribution in [-0.2, 0) is 9.53 Å². The smallest absolute Gasteiger partial charge is 0.305 e. The zero-order valence-electron chi connectivity index (χ0n) is 12.9. The highest BCUT2D eigenvalue weighted by Crippen LogP contribution is 2.41. The van der Waals surface area contributed by atoms with Crippen molar-refractivity contribution in [1.29, 1.82) is 0 Å². The van der Waals surface area contributed by atoms with Gasteiger partial charge in [-0.25, -0.2) is 0 Å². The lowest BCUT2D eigenvalue weighted by molar-refractivity contribution is -0.144. The van der Waals surface area contributed by atoms with Gasteiger partial charge in [-0.2, -0.15) is 0 Å². The molecule has 0 amide bonds. The second kappa shape index (κ2) is 7.28. The maximum atomic E-state index is 11.3. The van der Waals surface area contributed by atoms with E-state index in [1.807, 2.05) is 6.92 Å². The Balaban J connectivity index is 2.29. The Kier molecular flexibility index (Phi) is 6.31. The summed E-state index contributed by atoms with van der Waals surface area (Å²) < 4.78 is 4.89. The molecule has 0 spiro atoms. The average molecular weight is 270 g/mol. The van der Waals surface area contributed by atoms with Crippen LogP contribution in [0, 0.1) is 17.3 Å². The monoisotopic (exact) mass is 270 g/mol. The molecule has 0 aromatic rings. The molecule has 0 heterocycles. The first-order chi connectivity index (χ1) is 8.84. The molecule has 1 unspecified atom stereocenters. The van der Waals surface area contributed by atoms with Gasteiger partial charge in [-0.15, -0.1) is 0 Å². The van der Waals surface area contributed by atoms with E-state index in [4.69, 9.17) is 4.74 Å². The molecule has 0 radical (unpaired) electrons. The predicted octanol–water partition coefficient (Wildman–Crippen LogP) is 3.54. The van der Waals surface area contributed by atoms with Gasteiger partial charge < -0.3 is 9.84 Å². The maximum Gasteiger partial charge on any atom is 0.305 e. The van der Waals surface area contributed by atoms with Gasteiger partial charge in [0.1, 0.15) is 0 Å². The van der Waals surface area contributed by atoms with Crippen LogP contribution in [0.1, 0.15) is 66.2 Å². The quantitative estimate of drug-likeness (QED) is 0.777. The molecule has 1 aliphatic carbocycles. The van der Waals surface area contributed by atoms with Gasteiger partial charge in [0.05, 0.1) is 12.7 Å². The van der Waals surface area contributed by atoms with Crippen LogP contribution in [0.2, 0.25) is 0 Å². The third kappa shape index (κ3) is 5.52. The topological polar surface area (TPSA) is 46.5 Å². The van der Waals surface area contributed by atoms with E-state index in [0.717, 1.165) is 18.8 Å². The van der Waals surface area contributed by atoms with E-state index < -0.39 is 0 Å². The fourth-order valence-corrected chi connectivity index (χ4v) is 3.10. The Morgan fingerprint density at radius 3 is 2.32 bits per heavy atom. The van der Waals surface area contributed by atoms with Crippen molar-refractivity contribution >= 4 is 5.97 Å². The van der Waals surface area contributed by atoms with Crippen LogP contribution in [0.3, 0.4) is 0 Å². The summed E-state index contributed by atoms with van der Waals surface area (Å²) in [5.41, 5.74) is 0.376. The summed E-state index contributed by atoms with van der Waals surface area (Å²) in [7, 11) is 0. The van der Waals surface area contributed by atoms with Crippen molar-refractivity contribution in [3.63, 3.8) is 0 Å². The lowest BCUT2D eigenvalue weighted by atomic mass is 9.68. The molecule has 0 aromatic heterocycles. The van der Waals surface area contributed by atoms with E-state index in [2.05, 4.69) is 20.8 Å². The number of rotatable bonds is 5. The Morgan fingerprint density at radius 1 is 1.26 bits per heavy atom. The van der Waals surface area contributed by atoms with Gasteiger partial charge in [-0.1, -0.05) is 20.8 Å². The summed E-state index contributed by atoms with van der Waals surface area (Å²) in [4.78, 5) is 11.3. The van der Waals surface area contributed by atoms with E-state index in [-0.39, 0.29) is 12.1 Å². The largest absolute Gasteiger partial charge is 0.466 e. The normalized spacial score (nSPS) is 25.9. The van der Waals surface area contributed by atoms with E-state index in [1.54, 1.807) is 0 Å². The molecule has 1 fully saturated rings. The van der Waals surface area contributed by atoms with Crippen LogP contribution in [0.5, 0.6) is 0 Å². The molecule has 1 saturated carbocycles. The summed E-state index contributed by atoms with van der Waals surface area (Å²) in [5, 5.41) is 10.2. The first kappa shape index (κ1) is 16.5. The Hall–Kier alpha value is -0.570. The van der Waals surface area contributed by atoms with Crippen LogP contribution in [-0.4, -0.2) is 23.8 Å². The molecule has 1 N–H and O–H groups in total. The molecule has 0 aromatic carbocycles. The van der Waals surface area contributed by atoms with Gasteiger partial charge >= 0.3 is 5.97 Å². The number of carbonyl (C=O) groups is 1. The highest BCUT2D eigenvalue weighted by molar-refractivity contribution is 5.69. The molecule has 1 atom stereocenters. The number of ether oxygens (including phenoxy) is 1. The van der Waals surface area contributed by atoms with E-state index in [0.29, 0.717) is 30.8 Å². The first-order valence-electron chi connectivity index (χ1n) is 7.68. The van der Waals surface area contributed by atoms with Crippen LogP contribution in [0.4, 0.5) is 0 Å². The summed E-state index contributed by atoms with van der Waals surface area (Å²) in [6, 6.07) is 0. The molecule has 1 aliphatic rings. The van der Waals surface area contributed by atoms with E-state index in [1.165, 1.54) is 12.8 Å². The van der Waals surface area contributed by atoms with Gasteiger partial charge in [-0.05, 0) is 56.3 Å². The standard InChI is InChI=1S/C16H30O3/c1-5-19-15(18)11-10-14(17)12-6-8-13(9-7-12)16(2,3)4/h12-14,17H,5-11H2,1-4H3. The number of aliphatic hydroxyl groups is 1. The molecule has 3 nitrogen and oxygen atoms in total. The van der Waals surface area contributed by atoms with Crippen molar-refractivity contribution in [2.75, 3.05) is 6.61 Å². The second-order valence-electron chi connectivity index (χ2n) is 6.89. The number of aliphatic hydroxyl groups excluding tert-OH is 1. The Labute approximate surface area is 117 Å². The Morgan fingerprint density at radius 2 is 1.84 bits per heavy atom. The molecular weight excluding hydrogens is 240 g/mol. The number of carbonyl (C=O) groups excluding carboxylic acids is 1. The Bertz CT molecular complexity index is 272. The minimum Gasteiger partial charge on any atom is -0.466 e. The minimum absolute atomic E-state index is 0.190. The van der Waals surface area contributed by atoms with Crippen LogP contribution >= 0.6 is 0 Å². The highest BCUT2D eigenvalue weighted by atomic mass is 16.5. The van der Waals surface area contributed by atoms with Gasteiger partial charge in [-0.3, -0.25) is 4.79 Å². The zero-order valence-corrected chi connectivity index (χ0v) is 12.9. The first-order valence-corrected chi connectivity index (χ1v) is 7.68. The van der Waals surface area contributed by atoms with Crippen LogP contribution in [0.25, 0.3) is 0 Å². The predicted molar refractivity (Wildman–Crippen MR) is 76.8 cm³/mol. The summed E-state index contributed by atoms with van der Waals surface area (Å²) in [5.74, 6) is 0.943. The third-order valence-electron chi connectivity index (χ3n) is 4.49. The second-order valence-corrected chi connectivity index (χ2v) is 6.89. The lowest BCUT2D eigenvalue weighted by Gasteiger charge is -2.38. The van der Waals surface area contributed by atoms with E-state index >= 15 is 0 Å². The van der Waals surface area contributed by atoms with Gasteiger partial charge in [0.15, 0.2) is 0 Å². The van der Waals surface area contributed by atoms with Crippen molar-refractivity contribution in [2.24, 2.45) is 17.3 Å². The molecular formula is C16H30O3. The summed E-state index contributed by atoms with van der Waals surface area (Å²) in [6.45, 7) is 9.13. The molecule has 0 saturated heterocycles. The number of hydrogen-bond donors (Lipinski definition) is 1. The zero-order chi connectivity index (χ0) is 14.5. The molecule has 19 heavy (non-hydrogen) atoms. The minimum atomic E-state index is -0.342. The molecule has 0 bridgehead atoms. The molecule has 112 valence electrons. The van der Waals surface area contributed by atoms with Gasteiger partial charge in [0.2, 0.25) is 0 Å². The molecule has 0 aliphatic heterocycles. The number of hydrogen-bond acceptors (Lipinski definition) is 3. The fraction of sp³-hybridized carbons (Fsp3) is 0.938. The van der Waals surface area contributed by atoms with E-state index in [9.17, 15) is 9.90 Å². The molecule has 1 rings (SSSR count). The van der Waals surface area contributed by atoms with Crippen molar-refractivity contribution in [3.8, 4) is 0 Å². The van der Waals surface area contributed by atoms with Crippen LogP contribution in [0.15, 0.2) is 0 Å². The number of esters is 1. The van der Waals surface area contributed by atoms with Crippen LogP contribution < -0.4 is 0 Å². The SMILES string of the molecule is CCOC(=O)CCC(O)C1CCC(C(C)(C)C)CC1. The van der Waals surface area contributed by atoms with Crippen molar-refractivity contribution in [1.82, 2.24) is 0 Å². The third-order valence-corrected chi connectivity index (χ3v) is 4.49. The van der Waals surface area contributed by atoms with Crippen molar-refractivity contribution in [2.45, 2.75) is 72.3 Å². The maximum absolute atomic E-state index is 11.3. The summed E-state index contributed by atoms with van der Waals surface area (Å²) >= 11 is 0. The van der Waals surface area contributed by atoms with Gasteiger partial charge in [0.25, 0.3) is 0 Å².